The molecule has 1 aromatic rings. The summed E-state index contributed by atoms with van der Waals surface area (Å²) in [6.45, 7) is 0.897. The quantitative estimate of drug-likeness (QED) is 0.512. The van der Waals surface area contributed by atoms with Crippen molar-refractivity contribution in [2.75, 3.05) is 24.6 Å². The van der Waals surface area contributed by atoms with Gasteiger partial charge in [-0.05, 0) is 37.1 Å². The molecule has 3 heterocycles. The van der Waals surface area contributed by atoms with Gasteiger partial charge in [0.05, 0.1) is 11.0 Å². The first kappa shape index (κ1) is 19.6. The lowest BCUT2D eigenvalue weighted by atomic mass is 10.1. The van der Waals surface area contributed by atoms with Crippen LogP contribution in [-0.2, 0) is 14.6 Å². The molecule has 0 saturated carbocycles. The van der Waals surface area contributed by atoms with Crippen molar-refractivity contribution in [2.45, 2.75) is 49.0 Å². The highest BCUT2D eigenvalue weighted by atomic mass is 33.1. The number of rotatable bonds is 6. The van der Waals surface area contributed by atoms with E-state index in [9.17, 15) is 13.2 Å². The lowest BCUT2D eigenvalue weighted by Gasteiger charge is -2.20. The molecule has 1 amide bonds. The molecule has 0 bridgehead atoms. The Balaban J connectivity index is 1.47. The molecule has 2 atom stereocenters. The molecule has 2 aliphatic heterocycles. The highest BCUT2D eigenvalue weighted by Crippen LogP contribution is 2.40. The third-order valence-electron chi connectivity index (χ3n) is 4.85. The van der Waals surface area contributed by atoms with Crippen molar-refractivity contribution < 1.29 is 13.2 Å². The van der Waals surface area contributed by atoms with E-state index >= 15 is 0 Å². The first-order valence-electron chi connectivity index (χ1n) is 8.87. The Morgan fingerprint density at radius 2 is 2.12 bits per heavy atom. The topological polar surface area (TPSA) is 54.5 Å². The number of nitrogens with zero attached hydrogens (tertiary/aromatic N) is 1. The molecular formula is C17H25NO3S4. The number of unbranched alkanes of at least 4 members (excludes halogenated alkanes) is 1. The standard InChI is InChI=1S/C17H25NO3S4/c19-17(6-2-1-4-14-8-12-23-24-14)18-9-7-16(15-5-3-11-22-15)25(20,21)13-10-18/h3,5,11,14,16H,1-2,4,6-10,12-13H2/t14-,16-/m1/s1. The van der Waals surface area contributed by atoms with Crippen molar-refractivity contribution >= 4 is 48.7 Å². The molecule has 140 valence electrons. The van der Waals surface area contributed by atoms with Gasteiger partial charge in [0.2, 0.25) is 5.91 Å². The van der Waals surface area contributed by atoms with Gasteiger partial charge < -0.3 is 4.90 Å². The van der Waals surface area contributed by atoms with E-state index in [1.54, 1.807) is 4.90 Å². The van der Waals surface area contributed by atoms with E-state index in [4.69, 9.17) is 0 Å². The minimum atomic E-state index is -3.17. The first-order chi connectivity index (χ1) is 12.1. The summed E-state index contributed by atoms with van der Waals surface area (Å²) in [5.74, 6) is 1.45. The van der Waals surface area contributed by atoms with Gasteiger partial charge in [-0.25, -0.2) is 8.42 Å². The molecule has 0 aliphatic carbocycles. The molecule has 1 aromatic heterocycles. The minimum Gasteiger partial charge on any atom is -0.342 e. The zero-order chi connectivity index (χ0) is 17.7. The number of amides is 1. The van der Waals surface area contributed by atoms with Gasteiger partial charge >= 0.3 is 0 Å². The molecule has 0 N–H and O–H groups in total. The summed E-state index contributed by atoms with van der Waals surface area (Å²) in [4.78, 5) is 15.1. The van der Waals surface area contributed by atoms with Crippen LogP contribution < -0.4 is 0 Å². The third-order valence-corrected chi connectivity index (χ3v) is 11.1. The van der Waals surface area contributed by atoms with Crippen LogP contribution in [0.3, 0.4) is 0 Å². The predicted octanol–water partition coefficient (Wildman–Crippen LogP) is 4.15. The van der Waals surface area contributed by atoms with E-state index in [0.29, 0.717) is 25.9 Å². The molecule has 2 saturated heterocycles. The minimum absolute atomic E-state index is 0.0806. The summed E-state index contributed by atoms with van der Waals surface area (Å²) >= 11 is 1.49. The zero-order valence-electron chi connectivity index (χ0n) is 14.3. The smallest absolute Gasteiger partial charge is 0.222 e. The lowest BCUT2D eigenvalue weighted by molar-refractivity contribution is -0.131. The Morgan fingerprint density at radius 3 is 2.84 bits per heavy atom. The van der Waals surface area contributed by atoms with Gasteiger partial charge in [-0.15, -0.1) is 11.3 Å². The average Bonchev–Trinajstić information content (AvgIpc) is 3.25. The highest BCUT2D eigenvalue weighted by molar-refractivity contribution is 8.77. The van der Waals surface area contributed by atoms with Crippen LogP contribution in [0.1, 0.15) is 48.7 Å². The van der Waals surface area contributed by atoms with Gasteiger partial charge in [0.15, 0.2) is 9.84 Å². The second-order valence-electron chi connectivity index (χ2n) is 6.62. The molecule has 0 spiro atoms. The fraction of sp³-hybridized carbons (Fsp3) is 0.706. The molecule has 25 heavy (non-hydrogen) atoms. The molecule has 0 radical (unpaired) electrons. The van der Waals surface area contributed by atoms with Gasteiger partial charge in [-0.2, -0.15) is 0 Å². The molecule has 4 nitrogen and oxygen atoms in total. The molecule has 3 rings (SSSR count). The lowest BCUT2D eigenvalue weighted by Crippen LogP contribution is -2.33. The second-order valence-corrected chi connectivity index (χ2v) is 12.7. The van der Waals surface area contributed by atoms with E-state index < -0.39 is 15.1 Å². The average molecular weight is 420 g/mol. The predicted molar refractivity (Wildman–Crippen MR) is 109 cm³/mol. The van der Waals surface area contributed by atoms with Crippen LogP contribution in [0.2, 0.25) is 0 Å². The summed E-state index contributed by atoms with van der Waals surface area (Å²) in [6.07, 6.45) is 5.56. The van der Waals surface area contributed by atoms with Crippen molar-refractivity contribution in [3.05, 3.63) is 22.4 Å². The van der Waals surface area contributed by atoms with E-state index in [1.165, 1.54) is 29.9 Å². The Morgan fingerprint density at radius 1 is 1.24 bits per heavy atom. The van der Waals surface area contributed by atoms with Crippen LogP contribution >= 0.6 is 32.9 Å². The summed E-state index contributed by atoms with van der Waals surface area (Å²) in [7, 11) is 0.768. The number of thiophene rings is 1. The summed E-state index contributed by atoms with van der Waals surface area (Å²) < 4.78 is 25.1. The van der Waals surface area contributed by atoms with Gasteiger partial charge in [0.1, 0.15) is 0 Å². The molecule has 0 unspecified atom stereocenters. The van der Waals surface area contributed by atoms with Crippen LogP contribution in [0.25, 0.3) is 0 Å². The largest absolute Gasteiger partial charge is 0.342 e. The first-order valence-corrected chi connectivity index (χ1v) is 13.8. The number of hydrogen-bond donors (Lipinski definition) is 0. The fourth-order valence-corrected chi connectivity index (χ4v) is 9.39. The number of carbonyl (C=O) groups excluding carboxylic acids is 1. The fourth-order valence-electron chi connectivity index (χ4n) is 3.36. The van der Waals surface area contributed by atoms with Gasteiger partial charge in [0, 0.05) is 35.4 Å². The SMILES string of the molecule is O=C(CCCC[C@@H]1CCSS1)N1CC[C@H](c2cccs2)S(=O)(=O)CC1. The summed E-state index contributed by atoms with van der Waals surface area (Å²) in [6, 6.07) is 3.79. The van der Waals surface area contributed by atoms with E-state index in [1.807, 2.05) is 39.1 Å². The third kappa shape index (κ3) is 5.40. The van der Waals surface area contributed by atoms with Crippen LogP contribution in [0.4, 0.5) is 0 Å². The van der Waals surface area contributed by atoms with E-state index in [0.717, 1.165) is 23.0 Å². The van der Waals surface area contributed by atoms with E-state index in [-0.39, 0.29) is 11.7 Å². The number of hydrogen-bond acceptors (Lipinski definition) is 6. The van der Waals surface area contributed by atoms with Crippen molar-refractivity contribution in [1.29, 1.82) is 0 Å². The molecular weight excluding hydrogens is 394 g/mol. The monoisotopic (exact) mass is 419 g/mol. The Bertz CT molecular complexity index is 653. The maximum Gasteiger partial charge on any atom is 0.222 e. The highest BCUT2D eigenvalue weighted by Gasteiger charge is 2.33. The Labute approximate surface area is 162 Å². The van der Waals surface area contributed by atoms with Crippen LogP contribution in [0, 0.1) is 0 Å². The normalized spacial score (nSPS) is 26.5. The summed E-state index contributed by atoms with van der Waals surface area (Å²) in [5, 5.41) is 2.23. The molecule has 8 heteroatoms. The number of carbonyl (C=O) groups is 1. The van der Waals surface area contributed by atoms with Crippen LogP contribution in [0.15, 0.2) is 17.5 Å². The van der Waals surface area contributed by atoms with Crippen molar-refractivity contribution in [1.82, 2.24) is 4.90 Å². The van der Waals surface area contributed by atoms with Crippen molar-refractivity contribution in [3.63, 3.8) is 0 Å². The second kappa shape index (κ2) is 9.15. The van der Waals surface area contributed by atoms with Gasteiger partial charge in [-0.3, -0.25) is 4.79 Å². The van der Waals surface area contributed by atoms with Crippen LogP contribution in [0.5, 0.6) is 0 Å². The van der Waals surface area contributed by atoms with Gasteiger partial charge in [-0.1, -0.05) is 34.1 Å². The maximum atomic E-state index is 12.5. The summed E-state index contributed by atoms with van der Waals surface area (Å²) in [5.41, 5.74) is 0. The molecule has 0 aromatic carbocycles. The van der Waals surface area contributed by atoms with Crippen molar-refractivity contribution in [3.8, 4) is 0 Å². The Kier molecular flexibility index (Phi) is 7.17. The zero-order valence-corrected chi connectivity index (χ0v) is 17.5. The van der Waals surface area contributed by atoms with Crippen molar-refractivity contribution in [2.24, 2.45) is 0 Å². The molecule has 2 fully saturated rings. The van der Waals surface area contributed by atoms with Crippen LogP contribution in [-0.4, -0.2) is 49.1 Å². The number of sulfone groups is 1. The maximum absolute atomic E-state index is 12.5. The van der Waals surface area contributed by atoms with Gasteiger partial charge in [0.25, 0.3) is 0 Å². The molecule has 2 aliphatic rings. The van der Waals surface area contributed by atoms with E-state index in [2.05, 4.69) is 0 Å². The Hall–Kier alpha value is -0.180.